The number of hydrogen-bond donors (Lipinski definition) is 4. The van der Waals surface area contributed by atoms with E-state index in [1.807, 2.05) is 13.8 Å². The number of hydrogen-bond acceptors (Lipinski definition) is 5. The lowest BCUT2D eigenvalue weighted by Crippen LogP contribution is -2.67. The van der Waals surface area contributed by atoms with E-state index in [-0.39, 0.29) is 63.1 Å². The van der Waals surface area contributed by atoms with Gasteiger partial charge in [0.15, 0.2) is 0 Å². The summed E-state index contributed by atoms with van der Waals surface area (Å²) in [5, 5.41) is 36.5. The fourth-order valence-corrected chi connectivity index (χ4v) is 12.2. The summed E-state index contributed by atoms with van der Waals surface area (Å²) < 4.78 is 6.71. The Hall–Kier alpha value is -1.63. The molecule has 5 aliphatic rings. The number of ether oxygens (including phenoxy) is 1. The molecule has 0 radical (unpaired) electrons. The summed E-state index contributed by atoms with van der Waals surface area (Å²) >= 11 is 0. The Kier molecular flexibility index (Phi) is 7.24. The maximum atomic E-state index is 13.3. The number of benzene rings is 1. The highest BCUT2D eigenvalue weighted by molar-refractivity contribution is 5.97. The van der Waals surface area contributed by atoms with Crippen LogP contribution in [0.3, 0.4) is 0 Å². The minimum atomic E-state index is -0.860. The van der Waals surface area contributed by atoms with E-state index in [1.54, 1.807) is 24.3 Å². The van der Waals surface area contributed by atoms with Crippen LogP contribution in [0.25, 0.3) is 0 Å². The number of phenols is 1. The third kappa shape index (κ3) is 4.47. The van der Waals surface area contributed by atoms with Gasteiger partial charge in [-0.15, -0.1) is 0 Å². The van der Waals surface area contributed by atoms with Crippen LogP contribution < -0.4 is 5.32 Å². The van der Waals surface area contributed by atoms with Gasteiger partial charge in [0.25, 0.3) is 5.91 Å². The minimum absolute atomic E-state index is 0.0210. The van der Waals surface area contributed by atoms with Crippen LogP contribution in [-0.2, 0) is 4.74 Å². The Morgan fingerprint density at radius 1 is 0.907 bits per heavy atom. The van der Waals surface area contributed by atoms with Crippen molar-refractivity contribution in [1.29, 1.82) is 0 Å². The monoisotopic (exact) mass is 595 g/mol. The molecule has 1 saturated heterocycles. The lowest BCUT2D eigenvalue weighted by molar-refractivity contribution is -0.240. The number of aromatic hydroxyl groups is 1. The van der Waals surface area contributed by atoms with E-state index in [1.165, 1.54) is 0 Å². The first-order valence-electron chi connectivity index (χ1n) is 17.1. The topological polar surface area (TPSA) is 99.0 Å². The molecular formula is C37H57NO5. The third-order valence-electron chi connectivity index (χ3n) is 14.8. The average molecular weight is 596 g/mol. The molecule has 4 saturated carbocycles. The van der Waals surface area contributed by atoms with Crippen molar-refractivity contribution in [1.82, 2.24) is 5.32 Å². The van der Waals surface area contributed by atoms with Crippen LogP contribution in [0.15, 0.2) is 24.3 Å². The van der Waals surface area contributed by atoms with Gasteiger partial charge in [0.05, 0.1) is 29.0 Å². The normalized spacial score (nSPS) is 47.3. The number of carbonyl (C=O) groups is 1. The maximum Gasteiger partial charge on any atom is 0.255 e. The molecule has 1 aromatic rings. The van der Waals surface area contributed by atoms with E-state index in [9.17, 15) is 20.1 Å². The fraction of sp³-hybridized carbons (Fsp3) is 0.811. The number of phenolic OH excluding ortho intramolecular Hbond substituents is 1. The van der Waals surface area contributed by atoms with Crippen LogP contribution in [0.1, 0.15) is 124 Å². The van der Waals surface area contributed by atoms with E-state index < -0.39 is 5.60 Å². The smallest absolute Gasteiger partial charge is 0.255 e. The van der Waals surface area contributed by atoms with Crippen LogP contribution in [0.2, 0.25) is 0 Å². The van der Waals surface area contributed by atoms with Crippen molar-refractivity contribution in [3.8, 4) is 5.75 Å². The highest BCUT2D eigenvalue weighted by Gasteiger charge is 2.72. The van der Waals surface area contributed by atoms with Crippen molar-refractivity contribution in [2.24, 2.45) is 45.3 Å². The summed E-state index contributed by atoms with van der Waals surface area (Å²) in [4.78, 5) is 13.3. The number of rotatable bonds is 4. The number of para-hydroxylation sites is 1. The standard InChI is InChI=1S/C37H57NO5/c1-32(2)26-14-19-35(6)27(34(26,5)17-15-28(32)38-31(41)22-11-9-10-12-24(22)39)21-25(40)30-23(13-18-36(30,35)7)37(8)20-16-29(43-37)33(3,4)42/h9-12,23,25-30,39-40,42H,13-21H2,1-8H3,(H,38,41)/t23-,25+,26-,27+,28-,29-,30-,34-,35+,36+,37-/m0/s1. The molecular weight excluding hydrogens is 538 g/mol. The second-order valence-electron chi connectivity index (χ2n) is 17.5. The second kappa shape index (κ2) is 9.93. The quantitative estimate of drug-likeness (QED) is 0.305. The first-order valence-corrected chi connectivity index (χ1v) is 17.1. The fourth-order valence-electron chi connectivity index (χ4n) is 12.2. The van der Waals surface area contributed by atoms with E-state index in [2.05, 4.69) is 46.9 Å². The van der Waals surface area contributed by atoms with Gasteiger partial charge in [-0.2, -0.15) is 0 Å². The molecule has 1 amide bonds. The van der Waals surface area contributed by atoms with Crippen LogP contribution in [0, 0.1) is 45.3 Å². The summed E-state index contributed by atoms with van der Waals surface area (Å²) in [5.41, 5.74) is -0.754. The van der Waals surface area contributed by atoms with E-state index >= 15 is 0 Å². The van der Waals surface area contributed by atoms with Gasteiger partial charge >= 0.3 is 0 Å². The van der Waals surface area contributed by atoms with Crippen molar-refractivity contribution >= 4 is 5.91 Å². The van der Waals surface area contributed by atoms with Gasteiger partial charge in [-0.3, -0.25) is 4.79 Å². The Bertz CT molecular complexity index is 1260. The molecule has 1 aliphatic heterocycles. The van der Waals surface area contributed by atoms with Gasteiger partial charge in [0, 0.05) is 6.04 Å². The molecule has 43 heavy (non-hydrogen) atoms. The predicted octanol–water partition coefficient (Wildman–Crippen LogP) is 6.86. The van der Waals surface area contributed by atoms with Gasteiger partial charge in [-0.05, 0) is 136 Å². The van der Waals surface area contributed by atoms with E-state index in [0.29, 0.717) is 23.3 Å². The molecule has 0 bridgehead atoms. The minimum Gasteiger partial charge on any atom is -0.507 e. The lowest BCUT2D eigenvalue weighted by atomic mass is 9.35. The van der Waals surface area contributed by atoms with Crippen molar-refractivity contribution in [2.45, 2.75) is 143 Å². The summed E-state index contributed by atoms with van der Waals surface area (Å²) in [6.07, 6.45) is 8.47. The summed E-state index contributed by atoms with van der Waals surface area (Å²) in [6.45, 7) is 18.2. The molecule has 4 aliphatic carbocycles. The molecule has 0 aromatic heterocycles. The zero-order valence-electron chi connectivity index (χ0n) is 27.9. The van der Waals surface area contributed by atoms with Crippen LogP contribution in [-0.4, -0.2) is 50.7 Å². The summed E-state index contributed by atoms with van der Waals surface area (Å²) in [7, 11) is 0. The average Bonchev–Trinajstić information content (AvgIpc) is 3.50. The first kappa shape index (κ1) is 31.4. The largest absolute Gasteiger partial charge is 0.507 e. The van der Waals surface area contributed by atoms with Gasteiger partial charge in [0.1, 0.15) is 5.75 Å². The Morgan fingerprint density at radius 2 is 1.58 bits per heavy atom. The van der Waals surface area contributed by atoms with Gasteiger partial charge < -0.3 is 25.4 Å². The number of carbonyl (C=O) groups excluding carboxylic acids is 1. The SMILES string of the molecule is CC(C)(O)[C@@H]1CC[C@@](C)([C@H]2CC[C@]3(C)[C@@H]2[C@H](O)C[C@@H]2[C@@]4(C)CC[C@H](NC(=O)c5ccccc5O)C(C)(C)[C@@H]4CC[C@]23C)O1. The molecule has 6 rings (SSSR count). The first-order chi connectivity index (χ1) is 19.9. The molecule has 6 heteroatoms. The van der Waals surface area contributed by atoms with E-state index in [0.717, 1.165) is 57.8 Å². The van der Waals surface area contributed by atoms with Gasteiger partial charge in [-0.1, -0.05) is 46.8 Å². The number of aliphatic hydroxyl groups is 2. The van der Waals surface area contributed by atoms with Crippen molar-refractivity contribution in [2.75, 3.05) is 0 Å². The summed E-state index contributed by atoms with van der Waals surface area (Å²) in [5.74, 6) is 1.14. The molecule has 0 unspecified atom stereocenters. The molecule has 4 N–H and O–H groups in total. The van der Waals surface area contributed by atoms with Crippen LogP contribution in [0.5, 0.6) is 5.75 Å². The highest BCUT2D eigenvalue weighted by atomic mass is 16.5. The number of aliphatic hydroxyl groups excluding tert-OH is 1. The molecule has 1 aromatic carbocycles. The van der Waals surface area contributed by atoms with Crippen LogP contribution >= 0.6 is 0 Å². The molecule has 240 valence electrons. The Balaban J connectivity index is 1.26. The third-order valence-corrected chi connectivity index (χ3v) is 14.8. The molecule has 0 spiro atoms. The summed E-state index contributed by atoms with van der Waals surface area (Å²) in [6, 6.07) is 6.82. The number of amides is 1. The van der Waals surface area contributed by atoms with Crippen LogP contribution in [0.4, 0.5) is 0 Å². The zero-order valence-corrected chi connectivity index (χ0v) is 27.9. The molecule has 1 heterocycles. The maximum absolute atomic E-state index is 13.3. The predicted molar refractivity (Wildman–Crippen MR) is 169 cm³/mol. The Labute approximate surface area is 259 Å². The van der Waals surface area contributed by atoms with Gasteiger partial charge in [0.2, 0.25) is 0 Å². The molecule has 11 atom stereocenters. The highest BCUT2D eigenvalue weighted by Crippen LogP contribution is 2.76. The second-order valence-corrected chi connectivity index (χ2v) is 17.5. The zero-order chi connectivity index (χ0) is 31.4. The van der Waals surface area contributed by atoms with Crippen molar-refractivity contribution in [3.63, 3.8) is 0 Å². The number of fused-ring (bicyclic) bond motifs is 5. The van der Waals surface area contributed by atoms with Crippen molar-refractivity contribution < 1.29 is 24.9 Å². The van der Waals surface area contributed by atoms with Gasteiger partial charge in [-0.25, -0.2) is 0 Å². The molecule has 5 fully saturated rings. The molecule has 6 nitrogen and oxygen atoms in total. The lowest BCUT2D eigenvalue weighted by Gasteiger charge is -2.71. The number of nitrogens with one attached hydrogen (secondary N) is 1. The van der Waals surface area contributed by atoms with E-state index in [4.69, 9.17) is 4.74 Å². The van der Waals surface area contributed by atoms with Crippen molar-refractivity contribution in [3.05, 3.63) is 29.8 Å². The Morgan fingerprint density at radius 3 is 2.23 bits per heavy atom.